The number of amides is 1. The standard InChI is InChI=1S/C17H16FNO5S/c1-4-24-17(22)13-9(2)12(16(21)23-3)15(25-13)19-14(20)10-7-5-6-8-11(10)18/h5-8H,4H2,1-3H3,(H,19,20). The maximum absolute atomic E-state index is 13.8. The minimum atomic E-state index is -0.736. The van der Waals surface area contributed by atoms with E-state index in [-0.39, 0.29) is 27.6 Å². The maximum Gasteiger partial charge on any atom is 0.348 e. The highest BCUT2D eigenvalue weighted by atomic mass is 32.1. The number of thiophene rings is 1. The van der Waals surface area contributed by atoms with Crippen LogP contribution in [-0.4, -0.2) is 31.6 Å². The number of ether oxygens (including phenoxy) is 2. The van der Waals surface area contributed by atoms with Crippen molar-refractivity contribution in [1.82, 2.24) is 0 Å². The predicted octanol–water partition coefficient (Wildman–Crippen LogP) is 3.41. The van der Waals surface area contributed by atoms with Gasteiger partial charge in [-0.25, -0.2) is 14.0 Å². The van der Waals surface area contributed by atoms with Gasteiger partial charge in [0.25, 0.3) is 5.91 Å². The lowest BCUT2D eigenvalue weighted by Crippen LogP contribution is -2.15. The molecule has 1 heterocycles. The number of anilines is 1. The van der Waals surface area contributed by atoms with Crippen LogP contribution in [-0.2, 0) is 9.47 Å². The molecule has 1 N–H and O–H groups in total. The lowest BCUT2D eigenvalue weighted by atomic mass is 10.1. The summed E-state index contributed by atoms with van der Waals surface area (Å²) in [7, 11) is 1.19. The minimum absolute atomic E-state index is 0.0419. The summed E-state index contributed by atoms with van der Waals surface area (Å²) in [6, 6.07) is 5.44. The molecular formula is C17H16FNO5S. The number of hydrogen-bond donors (Lipinski definition) is 1. The Labute approximate surface area is 147 Å². The average molecular weight is 365 g/mol. The van der Waals surface area contributed by atoms with E-state index in [0.29, 0.717) is 5.56 Å². The Kier molecular flexibility index (Phi) is 5.87. The van der Waals surface area contributed by atoms with Crippen LogP contribution in [0.2, 0.25) is 0 Å². The summed E-state index contributed by atoms with van der Waals surface area (Å²) in [5, 5.41) is 2.57. The summed E-state index contributed by atoms with van der Waals surface area (Å²) in [5.74, 6) is -2.76. The first-order chi connectivity index (χ1) is 11.9. The molecule has 0 bridgehead atoms. The quantitative estimate of drug-likeness (QED) is 0.821. The number of carbonyl (C=O) groups excluding carboxylic acids is 3. The third-order valence-corrected chi connectivity index (χ3v) is 4.53. The molecule has 2 rings (SSSR count). The van der Waals surface area contributed by atoms with Crippen LogP contribution in [0.4, 0.5) is 9.39 Å². The highest BCUT2D eigenvalue weighted by Gasteiger charge is 2.27. The molecule has 2 aromatic rings. The van der Waals surface area contributed by atoms with Crippen molar-refractivity contribution in [3.8, 4) is 0 Å². The molecule has 0 saturated heterocycles. The van der Waals surface area contributed by atoms with Crippen molar-refractivity contribution >= 4 is 34.2 Å². The van der Waals surface area contributed by atoms with Crippen molar-refractivity contribution in [2.24, 2.45) is 0 Å². The molecule has 0 aliphatic heterocycles. The topological polar surface area (TPSA) is 81.7 Å². The zero-order chi connectivity index (χ0) is 18.6. The number of benzene rings is 1. The first kappa shape index (κ1) is 18.6. The van der Waals surface area contributed by atoms with E-state index in [1.807, 2.05) is 0 Å². The molecule has 25 heavy (non-hydrogen) atoms. The van der Waals surface area contributed by atoms with Crippen molar-refractivity contribution in [1.29, 1.82) is 0 Å². The number of methoxy groups -OCH3 is 1. The first-order valence-corrected chi connectivity index (χ1v) is 8.17. The Morgan fingerprint density at radius 1 is 1.20 bits per heavy atom. The molecule has 8 heteroatoms. The Morgan fingerprint density at radius 2 is 1.88 bits per heavy atom. The van der Waals surface area contributed by atoms with Crippen LogP contribution >= 0.6 is 11.3 Å². The molecule has 0 radical (unpaired) electrons. The average Bonchev–Trinajstić information content (AvgIpc) is 2.91. The molecule has 0 aliphatic carbocycles. The van der Waals surface area contributed by atoms with Crippen molar-refractivity contribution in [3.63, 3.8) is 0 Å². The van der Waals surface area contributed by atoms with E-state index in [4.69, 9.17) is 9.47 Å². The van der Waals surface area contributed by atoms with Crippen LogP contribution in [0, 0.1) is 12.7 Å². The van der Waals surface area contributed by atoms with Gasteiger partial charge in [0.1, 0.15) is 15.7 Å². The third-order valence-electron chi connectivity index (χ3n) is 3.34. The van der Waals surface area contributed by atoms with E-state index < -0.39 is 23.7 Å². The largest absolute Gasteiger partial charge is 0.465 e. The normalized spacial score (nSPS) is 10.2. The van der Waals surface area contributed by atoms with Gasteiger partial charge >= 0.3 is 11.9 Å². The van der Waals surface area contributed by atoms with Crippen LogP contribution in [0.5, 0.6) is 0 Å². The molecule has 6 nitrogen and oxygen atoms in total. The van der Waals surface area contributed by atoms with E-state index in [1.54, 1.807) is 13.8 Å². The van der Waals surface area contributed by atoms with E-state index in [2.05, 4.69) is 5.32 Å². The molecule has 0 spiro atoms. The fraction of sp³-hybridized carbons (Fsp3) is 0.235. The number of nitrogens with one attached hydrogen (secondary N) is 1. The van der Waals surface area contributed by atoms with Gasteiger partial charge in [-0.2, -0.15) is 0 Å². The van der Waals surface area contributed by atoms with Gasteiger partial charge in [0.15, 0.2) is 0 Å². The van der Waals surface area contributed by atoms with Crippen LogP contribution in [0.15, 0.2) is 24.3 Å². The van der Waals surface area contributed by atoms with E-state index in [1.165, 1.54) is 25.3 Å². The zero-order valence-electron chi connectivity index (χ0n) is 13.8. The zero-order valence-corrected chi connectivity index (χ0v) is 14.7. The van der Waals surface area contributed by atoms with Gasteiger partial charge in [0, 0.05) is 0 Å². The maximum atomic E-state index is 13.8. The van der Waals surface area contributed by atoms with Gasteiger partial charge in [-0.3, -0.25) is 4.79 Å². The molecule has 0 unspecified atom stereocenters. The Morgan fingerprint density at radius 3 is 2.48 bits per heavy atom. The predicted molar refractivity (Wildman–Crippen MR) is 90.7 cm³/mol. The number of rotatable bonds is 5. The lowest BCUT2D eigenvalue weighted by Gasteiger charge is -2.06. The van der Waals surface area contributed by atoms with Gasteiger partial charge < -0.3 is 14.8 Å². The summed E-state index contributed by atoms with van der Waals surface area (Å²) < 4.78 is 23.4. The van der Waals surface area contributed by atoms with E-state index in [9.17, 15) is 18.8 Å². The van der Waals surface area contributed by atoms with Crippen molar-refractivity contribution in [2.45, 2.75) is 13.8 Å². The van der Waals surface area contributed by atoms with Gasteiger partial charge in [-0.1, -0.05) is 12.1 Å². The van der Waals surface area contributed by atoms with Crippen molar-refractivity contribution < 1.29 is 28.2 Å². The molecule has 132 valence electrons. The summed E-state index contributed by atoms with van der Waals surface area (Å²) >= 11 is 0.877. The smallest absolute Gasteiger partial charge is 0.348 e. The summed E-state index contributed by atoms with van der Waals surface area (Å²) in [6.07, 6.45) is 0. The van der Waals surface area contributed by atoms with E-state index in [0.717, 1.165) is 17.4 Å². The first-order valence-electron chi connectivity index (χ1n) is 7.35. The van der Waals surface area contributed by atoms with Crippen LogP contribution in [0.3, 0.4) is 0 Å². The SMILES string of the molecule is CCOC(=O)c1sc(NC(=O)c2ccccc2F)c(C(=O)OC)c1C. The Balaban J connectivity index is 2.44. The Hall–Kier alpha value is -2.74. The molecule has 1 aromatic carbocycles. The van der Waals surface area contributed by atoms with E-state index >= 15 is 0 Å². The molecule has 1 amide bonds. The van der Waals surface area contributed by atoms with Crippen molar-refractivity contribution in [2.75, 3.05) is 19.0 Å². The minimum Gasteiger partial charge on any atom is -0.465 e. The van der Waals surface area contributed by atoms with Crippen LogP contribution < -0.4 is 5.32 Å². The highest BCUT2D eigenvalue weighted by molar-refractivity contribution is 7.18. The van der Waals surface area contributed by atoms with Crippen LogP contribution in [0.25, 0.3) is 0 Å². The van der Waals surface area contributed by atoms with Gasteiger partial charge in [0.2, 0.25) is 0 Å². The Bertz CT molecular complexity index is 830. The third kappa shape index (κ3) is 3.85. The molecule has 0 atom stereocenters. The number of halogens is 1. The molecule has 1 aromatic heterocycles. The molecule has 0 aliphatic rings. The number of esters is 2. The number of carbonyl (C=O) groups is 3. The summed E-state index contributed by atoms with van der Waals surface area (Å²) in [6.45, 7) is 3.37. The van der Waals surface area contributed by atoms with Gasteiger partial charge in [0.05, 0.1) is 24.8 Å². The second-order valence-corrected chi connectivity index (χ2v) is 5.93. The number of hydrogen-bond acceptors (Lipinski definition) is 6. The fourth-order valence-electron chi connectivity index (χ4n) is 2.16. The second-order valence-electron chi connectivity index (χ2n) is 4.91. The van der Waals surface area contributed by atoms with Crippen molar-refractivity contribution in [3.05, 3.63) is 51.7 Å². The summed E-state index contributed by atoms with van der Waals surface area (Å²) in [5.41, 5.74) is 0.196. The van der Waals surface area contributed by atoms with Gasteiger partial charge in [-0.15, -0.1) is 11.3 Å². The lowest BCUT2D eigenvalue weighted by molar-refractivity contribution is 0.0531. The second kappa shape index (κ2) is 7.89. The van der Waals surface area contributed by atoms with Crippen LogP contribution in [0.1, 0.15) is 42.9 Å². The monoisotopic (exact) mass is 365 g/mol. The molecular weight excluding hydrogens is 349 g/mol. The summed E-state index contributed by atoms with van der Waals surface area (Å²) in [4.78, 5) is 36.5. The highest BCUT2D eigenvalue weighted by Crippen LogP contribution is 2.34. The molecule has 0 fully saturated rings. The fourth-order valence-corrected chi connectivity index (χ4v) is 3.24. The molecule has 0 saturated carbocycles. The van der Waals surface area contributed by atoms with Gasteiger partial charge in [-0.05, 0) is 31.5 Å².